The minimum Gasteiger partial charge on any atom is -0.355 e. The lowest BCUT2D eigenvalue weighted by molar-refractivity contribution is 0.421. The first-order chi connectivity index (χ1) is 11.2. The topological polar surface area (TPSA) is 60.9 Å². The van der Waals surface area contributed by atoms with Gasteiger partial charge in [-0.2, -0.15) is 0 Å². The lowest BCUT2D eigenvalue weighted by Gasteiger charge is -2.04. The molecule has 0 saturated heterocycles. The molecule has 0 aliphatic carbocycles. The van der Waals surface area contributed by atoms with E-state index in [1.165, 1.54) is 10.9 Å². The summed E-state index contributed by atoms with van der Waals surface area (Å²) in [6.45, 7) is 0.305. The summed E-state index contributed by atoms with van der Waals surface area (Å²) in [4.78, 5) is 17.8. The SMILES string of the molecule is O=c1c2ccc(Cl)cc2ncn1Cc1cc(-c2cccs2)on1. The number of benzene rings is 1. The molecule has 0 aliphatic rings. The first kappa shape index (κ1) is 14.2. The van der Waals surface area contributed by atoms with E-state index in [9.17, 15) is 4.79 Å². The molecule has 4 aromatic rings. The van der Waals surface area contributed by atoms with Gasteiger partial charge in [0.1, 0.15) is 5.69 Å². The Bertz CT molecular complexity index is 1040. The van der Waals surface area contributed by atoms with Gasteiger partial charge in [-0.15, -0.1) is 11.3 Å². The normalized spacial score (nSPS) is 11.2. The number of halogens is 1. The van der Waals surface area contributed by atoms with Crippen LogP contribution in [0.2, 0.25) is 5.02 Å². The second-order valence-electron chi connectivity index (χ2n) is 5.00. The van der Waals surface area contributed by atoms with Crippen molar-refractivity contribution in [1.29, 1.82) is 0 Å². The standard InChI is InChI=1S/C16H10ClN3O2S/c17-10-3-4-12-13(6-10)18-9-20(16(12)21)8-11-7-14(22-19-11)15-2-1-5-23-15/h1-7,9H,8H2. The van der Waals surface area contributed by atoms with Crippen molar-refractivity contribution in [3.8, 4) is 10.6 Å². The van der Waals surface area contributed by atoms with Crippen molar-refractivity contribution >= 4 is 33.8 Å². The van der Waals surface area contributed by atoms with Gasteiger partial charge in [-0.1, -0.05) is 22.8 Å². The molecule has 0 amide bonds. The number of aromatic nitrogens is 3. The van der Waals surface area contributed by atoms with Crippen LogP contribution < -0.4 is 5.56 Å². The van der Waals surface area contributed by atoms with Crippen LogP contribution in [-0.2, 0) is 6.54 Å². The molecule has 114 valence electrons. The quantitative estimate of drug-likeness (QED) is 0.567. The fourth-order valence-corrected chi connectivity index (χ4v) is 3.18. The highest BCUT2D eigenvalue weighted by Gasteiger charge is 2.10. The summed E-state index contributed by atoms with van der Waals surface area (Å²) in [7, 11) is 0. The molecular weight excluding hydrogens is 334 g/mol. The second kappa shape index (κ2) is 5.64. The maximum atomic E-state index is 12.5. The molecule has 0 radical (unpaired) electrons. The molecule has 4 rings (SSSR count). The van der Waals surface area contributed by atoms with Gasteiger partial charge in [-0.3, -0.25) is 9.36 Å². The third kappa shape index (κ3) is 2.67. The van der Waals surface area contributed by atoms with Gasteiger partial charge in [0.2, 0.25) is 0 Å². The highest BCUT2D eigenvalue weighted by molar-refractivity contribution is 7.13. The van der Waals surface area contributed by atoms with Gasteiger partial charge in [0.15, 0.2) is 5.76 Å². The van der Waals surface area contributed by atoms with Gasteiger partial charge in [0.05, 0.1) is 28.7 Å². The lowest BCUT2D eigenvalue weighted by atomic mass is 10.2. The molecule has 0 aliphatic heterocycles. The summed E-state index contributed by atoms with van der Waals surface area (Å²) in [6.07, 6.45) is 1.50. The summed E-state index contributed by atoms with van der Waals surface area (Å²) < 4.78 is 6.84. The van der Waals surface area contributed by atoms with Crippen molar-refractivity contribution in [2.24, 2.45) is 0 Å². The number of nitrogens with zero attached hydrogens (tertiary/aromatic N) is 3. The van der Waals surface area contributed by atoms with Crippen molar-refractivity contribution in [3.63, 3.8) is 0 Å². The summed E-state index contributed by atoms with van der Waals surface area (Å²) in [5.41, 5.74) is 1.12. The molecule has 0 atom stereocenters. The van der Waals surface area contributed by atoms with Crippen molar-refractivity contribution < 1.29 is 4.52 Å². The van der Waals surface area contributed by atoms with Gasteiger partial charge < -0.3 is 4.52 Å². The van der Waals surface area contributed by atoms with E-state index < -0.39 is 0 Å². The van der Waals surface area contributed by atoms with Gasteiger partial charge in [-0.25, -0.2) is 4.98 Å². The Morgan fingerprint density at radius 3 is 3.00 bits per heavy atom. The van der Waals surface area contributed by atoms with Crippen molar-refractivity contribution in [2.45, 2.75) is 6.54 Å². The summed E-state index contributed by atoms with van der Waals surface area (Å²) in [6, 6.07) is 10.8. The molecule has 0 fully saturated rings. The van der Waals surface area contributed by atoms with E-state index in [-0.39, 0.29) is 5.56 Å². The van der Waals surface area contributed by atoms with Crippen LogP contribution in [0.3, 0.4) is 0 Å². The molecule has 0 saturated carbocycles. The first-order valence-electron chi connectivity index (χ1n) is 6.85. The number of rotatable bonds is 3. The number of thiophene rings is 1. The van der Waals surface area contributed by atoms with E-state index in [2.05, 4.69) is 10.1 Å². The molecule has 3 heterocycles. The van der Waals surface area contributed by atoms with Gasteiger partial charge in [-0.05, 0) is 29.6 Å². The number of hydrogen-bond donors (Lipinski definition) is 0. The highest BCUT2D eigenvalue weighted by Crippen LogP contribution is 2.25. The Morgan fingerprint density at radius 2 is 2.17 bits per heavy atom. The van der Waals surface area contributed by atoms with E-state index in [1.54, 1.807) is 29.5 Å². The van der Waals surface area contributed by atoms with Crippen LogP contribution in [0, 0.1) is 0 Å². The highest BCUT2D eigenvalue weighted by atomic mass is 35.5. The first-order valence-corrected chi connectivity index (χ1v) is 8.10. The summed E-state index contributed by atoms with van der Waals surface area (Å²) in [5.74, 6) is 0.698. The third-order valence-electron chi connectivity index (χ3n) is 3.44. The molecule has 0 bridgehead atoms. The van der Waals surface area contributed by atoms with E-state index in [0.717, 1.165) is 4.88 Å². The van der Waals surface area contributed by atoms with Crippen molar-refractivity contribution in [3.05, 3.63) is 69.2 Å². The Kier molecular flexibility index (Phi) is 3.48. The minimum atomic E-state index is -0.132. The van der Waals surface area contributed by atoms with Crippen LogP contribution in [0.5, 0.6) is 0 Å². The zero-order valence-electron chi connectivity index (χ0n) is 11.8. The molecular formula is C16H10ClN3O2S. The molecule has 0 unspecified atom stereocenters. The summed E-state index contributed by atoms with van der Waals surface area (Å²) >= 11 is 7.50. The number of fused-ring (bicyclic) bond motifs is 1. The molecule has 23 heavy (non-hydrogen) atoms. The Balaban J connectivity index is 1.69. The van der Waals surface area contributed by atoms with Gasteiger partial charge in [0.25, 0.3) is 5.56 Å². The maximum absolute atomic E-state index is 12.5. The van der Waals surface area contributed by atoms with E-state index in [1.807, 2.05) is 23.6 Å². The van der Waals surface area contributed by atoms with Gasteiger partial charge in [0, 0.05) is 11.1 Å². The average Bonchev–Trinajstić information content (AvgIpc) is 3.21. The molecule has 7 heteroatoms. The monoisotopic (exact) mass is 343 g/mol. The minimum absolute atomic E-state index is 0.132. The summed E-state index contributed by atoms with van der Waals surface area (Å²) in [5, 5.41) is 7.08. The maximum Gasteiger partial charge on any atom is 0.261 e. The largest absolute Gasteiger partial charge is 0.355 e. The van der Waals surface area contributed by atoms with Crippen molar-refractivity contribution in [1.82, 2.24) is 14.7 Å². The molecule has 0 spiro atoms. The van der Waals surface area contributed by atoms with Gasteiger partial charge >= 0.3 is 0 Å². The Morgan fingerprint density at radius 1 is 1.26 bits per heavy atom. The zero-order chi connectivity index (χ0) is 15.8. The zero-order valence-corrected chi connectivity index (χ0v) is 13.3. The molecule has 3 aromatic heterocycles. The predicted molar refractivity (Wildman–Crippen MR) is 89.9 cm³/mol. The van der Waals surface area contributed by atoms with Crippen LogP contribution in [0.4, 0.5) is 0 Å². The number of hydrogen-bond acceptors (Lipinski definition) is 5. The van der Waals surface area contributed by atoms with Crippen LogP contribution in [0.1, 0.15) is 5.69 Å². The van der Waals surface area contributed by atoms with E-state index in [0.29, 0.717) is 33.9 Å². The van der Waals surface area contributed by atoms with Crippen molar-refractivity contribution in [2.75, 3.05) is 0 Å². The molecule has 1 aromatic carbocycles. The smallest absolute Gasteiger partial charge is 0.261 e. The average molecular weight is 344 g/mol. The van der Waals surface area contributed by atoms with Crippen LogP contribution >= 0.6 is 22.9 Å². The Hall–Kier alpha value is -2.44. The Labute approximate surface area is 139 Å². The van der Waals surface area contributed by atoms with Crippen LogP contribution in [0.25, 0.3) is 21.5 Å². The van der Waals surface area contributed by atoms with Crippen LogP contribution in [-0.4, -0.2) is 14.7 Å². The van der Waals surface area contributed by atoms with Crippen LogP contribution in [0.15, 0.2) is 57.4 Å². The fraction of sp³-hybridized carbons (Fsp3) is 0.0625. The molecule has 0 N–H and O–H groups in total. The lowest BCUT2D eigenvalue weighted by Crippen LogP contribution is -2.21. The third-order valence-corrected chi connectivity index (χ3v) is 4.56. The predicted octanol–water partition coefficient (Wildman–Crippen LogP) is 3.81. The second-order valence-corrected chi connectivity index (χ2v) is 6.38. The molecule has 5 nitrogen and oxygen atoms in total. The van der Waals surface area contributed by atoms with E-state index >= 15 is 0 Å². The van der Waals surface area contributed by atoms with E-state index in [4.69, 9.17) is 16.1 Å². The fourth-order valence-electron chi connectivity index (χ4n) is 2.34.